The van der Waals surface area contributed by atoms with Gasteiger partial charge < -0.3 is 29.7 Å². The minimum Gasteiger partial charge on any atom is -0.744 e. The summed E-state index contributed by atoms with van der Waals surface area (Å²) in [5.74, 6) is -4.08. The average molecular weight is 553 g/mol. The molecule has 0 saturated heterocycles. The molecule has 0 fully saturated rings. The van der Waals surface area contributed by atoms with Gasteiger partial charge in [0.1, 0.15) is 15.0 Å². The van der Waals surface area contributed by atoms with Crippen LogP contribution in [0.5, 0.6) is 0 Å². The molecular weight excluding hydrogens is 541 g/mol. The molecule has 4 rings (SSSR count). The van der Waals surface area contributed by atoms with E-state index in [1.807, 2.05) is 0 Å². The van der Waals surface area contributed by atoms with Crippen molar-refractivity contribution in [1.29, 1.82) is 5.41 Å². The van der Waals surface area contributed by atoms with Gasteiger partial charge in [-0.05, 0) is 41.5 Å². The third-order valence-electron chi connectivity index (χ3n) is 5.26. The number of fused-ring (bicyclic) bond motifs is 2. The van der Waals surface area contributed by atoms with Gasteiger partial charge in [0.2, 0.25) is 0 Å². The molecule has 2 aromatic rings. The van der Waals surface area contributed by atoms with E-state index in [1.54, 1.807) is 0 Å². The number of aromatic carboxylic acids is 2. The van der Waals surface area contributed by atoms with Gasteiger partial charge in [0.05, 0.1) is 22.6 Å². The zero-order chi connectivity index (χ0) is 26.7. The van der Waals surface area contributed by atoms with Crippen LogP contribution in [0.25, 0.3) is 33.4 Å². The largest absolute Gasteiger partial charge is 1.00 e. The van der Waals surface area contributed by atoms with Crippen molar-refractivity contribution < 1.29 is 107 Å². The van der Waals surface area contributed by atoms with Gasteiger partial charge in [-0.25, -0.2) is 13.2 Å². The van der Waals surface area contributed by atoms with Crippen LogP contribution in [0.1, 0.15) is 20.7 Å². The molecule has 13 nitrogen and oxygen atoms in total. The summed E-state index contributed by atoms with van der Waals surface area (Å²) in [6, 6.07) is 7.10. The third-order valence-corrected chi connectivity index (χ3v) is 7.10. The van der Waals surface area contributed by atoms with Crippen molar-refractivity contribution in [2.45, 2.75) is 9.79 Å². The SMILES string of the molecule is N=c1ccc2c(-c3ccc(C(=O)[O-])cc3C(=O)O)c3ccc(N)c(S(=O)(=O)[O-])c3oc-2c1S(=O)(=O)O.[Li+].[Li+].[Li+]. The molecule has 1 heterocycles. The van der Waals surface area contributed by atoms with Crippen LogP contribution in [0.3, 0.4) is 0 Å². The monoisotopic (exact) mass is 553 g/mol. The summed E-state index contributed by atoms with van der Waals surface area (Å²) in [5, 5.41) is 28.0. The topological polar surface area (TPSA) is 252 Å². The van der Waals surface area contributed by atoms with Gasteiger partial charge in [-0.1, -0.05) is 12.1 Å². The molecule has 2 aromatic carbocycles. The van der Waals surface area contributed by atoms with E-state index in [0.717, 1.165) is 36.4 Å². The Labute approximate surface area is 256 Å². The van der Waals surface area contributed by atoms with Crippen LogP contribution in [-0.4, -0.2) is 43.0 Å². The van der Waals surface area contributed by atoms with E-state index in [-0.39, 0.29) is 78.7 Å². The summed E-state index contributed by atoms with van der Waals surface area (Å²) in [4.78, 5) is 21.1. The minimum atomic E-state index is -5.36. The molecule has 2 aliphatic rings. The third kappa shape index (κ3) is 6.14. The molecule has 18 heteroatoms. The summed E-state index contributed by atoms with van der Waals surface area (Å²) in [6.45, 7) is 0. The Bertz CT molecular complexity index is 1890. The minimum absolute atomic E-state index is 0. The molecular formula is C21H12Li3N2O11S2+. The smallest absolute Gasteiger partial charge is 0.744 e. The summed E-state index contributed by atoms with van der Waals surface area (Å²) in [5.41, 5.74) is 2.55. The van der Waals surface area contributed by atoms with Crippen LogP contribution >= 0.6 is 0 Å². The summed E-state index contributed by atoms with van der Waals surface area (Å²) >= 11 is 0. The number of carbonyl (C=O) groups excluding carboxylic acids is 1. The Morgan fingerprint density at radius 2 is 1.51 bits per heavy atom. The molecule has 0 bridgehead atoms. The fraction of sp³-hybridized carbons (Fsp3) is 0. The average Bonchev–Trinajstić information content (AvgIpc) is 2.74. The van der Waals surface area contributed by atoms with E-state index in [2.05, 4.69) is 0 Å². The first-order valence-corrected chi connectivity index (χ1v) is 12.4. The van der Waals surface area contributed by atoms with Crippen molar-refractivity contribution in [1.82, 2.24) is 0 Å². The zero-order valence-corrected chi connectivity index (χ0v) is 22.1. The standard InChI is InChI=1S/C21H14N2O11S2.3Li/c22-13-5-3-10-15(9-2-1-8(20(24)25)7-12(9)21(26)27)11-4-6-14(23)19(36(31,32)33)17(11)34-16(10)18(13)35(28,29)30;;;/h1-7,22H,23H2,(H,24,25)(H,26,27)(H,28,29,30)(H,31,32,33);;;/q;3*+1/p-2. The molecule has 0 aromatic heterocycles. The van der Waals surface area contributed by atoms with E-state index < -0.39 is 75.5 Å². The summed E-state index contributed by atoms with van der Waals surface area (Å²) in [6.07, 6.45) is 0. The molecule has 186 valence electrons. The Balaban J connectivity index is 0.00000253. The Morgan fingerprint density at radius 3 is 2.03 bits per heavy atom. The van der Waals surface area contributed by atoms with Crippen molar-refractivity contribution in [3.63, 3.8) is 0 Å². The molecule has 5 N–H and O–H groups in total. The molecule has 0 spiro atoms. The Kier molecular flexibility index (Phi) is 10.6. The second kappa shape index (κ2) is 11.9. The fourth-order valence-electron chi connectivity index (χ4n) is 3.85. The first-order valence-electron chi connectivity index (χ1n) is 9.52. The molecule has 0 unspecified atom stereocenters. The van der Waals surface area contributed by atoms with Crippen LogP contribution in [0.2, 0.25) is 0 Å². The van der Waals surface area contributed by atoms with E-state index in [1.165, 1.54) is 6.07 Å². The molecule has 1 aliphatic carbocycles. The number of hydrogen-bond acceptors (Lipinski definition) is 11. The number of nitrogens with two attached hydrogens (primary N) is 1. The van der Waals surface area contributed by atoms with Crippen molar-refractivity contribution >= 4 is 48.8 Å². The number of nitrogen functional groups attached to an aromatic ring is 1. The van der Waals surface area contributed by atoms with Crippen molar-refractivity contribution in [3.8, 4) is 22.5 Å². The van der Waals surface area contributed by atoms with Gasteiger partial charge in [-0.2, -0.15) is 8.42 Å². The maximum Gasteiger partial charge on any atom is 1.00 e. The second-order valence-corrected chi connectivity index (χ2v) is 10.1. The fourth-order valence-corrected chi connectivity index (χ4v) is 5.32. The number of carboxylic acid groups (broad SMARTS) is 2. The Morgan fingerprint density at radius 1 is 0.923 bits per heavy atom. The maximum absolute atomic E-state index is 12.1. The first kappa shape index (κ1) is 34.5. The number of benzene rings is 3. The van der Waals surface area contributed by atoms with Gasteiger partial charge in [0.15, 0.2) is 16.2 Å². The predicted octanol–water partition coefficient (Wildman–Crippen LogP) is -8.51. The van der Waals surface area contributed by atoms with Crippen LogP contribution in [0.15, 0.2) is 56.7 Å². The van der Waals surface area contributed by atoms with E-state index in [0.29, 0.717) is 0 Å². The van der Waals surface area contributed by atoms with Crippen molar-refractivity contribution in [2.24, 2.45) is 0 Å². The Hall–Kier alpha value is -2.52. The summed E-state index contributed by atoms with van der Waals surface area (Å²) < 4.78 is 75.5. The van der Waals surface area contributed by atoms with Gasteiger partial charge in [-0.15, -0.1) is 0 Å². The van der Waals surface area contributed by atoms with Gasteiger partial charge in [0, 0.05) is 16.5 Å². The molecule has 0 amide bonds. The zero-order valence-electron chi connectivity index (χ0n) is 20.5. The van der Waals surface area contributed by atoms with Crippen molar-refractivity contribution in [3.05, 3.63) is 58.9 Å². The molecule has 1 aliphatic heterocycles. The van der Waals surface area contributed by atoms with Crippen molar-refractivity contribution in [2.75, 3.05) is 5.73 Å². The molecule has 0 radical (unpaired) electrons. The maximum atomic E-state index is 12.1. The number of carboxylic acids is 2. The molecule has 39 heavy (non-hydrogen) atoms. The predicted molar refractivity (Wildman–Crippen MR) is 118 cm³/mol. The first-order chi connectivity index (χ1) is 16.6. The van der Waals surface area contributed by atoms with E-state index in [4.69, 9.17) is 15.6 Å². The van der Waals surface area contributed by atoms with Crippen LogP contribution in [0, 0.1) is 5.41 Å². The van der Waals surface area contributed by atoms with Crippen LogP contribution in [-0.2, 0) is 20.2 Å². The van der Waals surface area contributed by atoms with E-state index >= 15 is 0 Å². The van der Waals surface area contributed by atoms with Gasteiger partial charge >= 0.3 is 62.6 Å². The molecule has 0 saturated carbocycles. The molecule has 0 atom stereocenters. The van der Waals surface area contributed by atoms with E-state index in [9.17, 15) is 45.7 Å². The number of nitrogens with one attached hydrogen (secondary N) is 1. The normalized spacial score (nSPS) is 11.2. The second-order valence-electron chi connectivity index (χ2n) is 7.44. The number of hydrogen-bond donors (Lipinski definition) is 4. The number of rotatable bonds is 5. The van der Waals surface area contributed by atoms with Crippen LogP contribution < -0.4 is 72.8 Å². The summed E-state index contributed by atoms with van der Waals surface area (Å²) in [7, 11) is -10.5. The number of carbonyl (C=O) groups is 2. The van der Waals surface area contributed by atoms with Crippen LogP contribution in [0.4, 0.5) is 5.69 Å². The quantitative estimate of drug-likeness (QED) is 0.0778. The van der Waals surface area contributed by atoms with Gasteiger partial charge in [0.25, 0.3) is 10.1 Å². The number of anilines is 1. The van der Waals surface area contributed by atoms with Gasteiger partial charge in [-0.3, -0.25) is 9.96 Å².